The number of aromatic carboxylic acids is 1. The summed E-state index contributed by atoms with van der Waals surface area (Å²) in [4.78, 5) is 22.8. The summed E-state index contributed by atoms with van der Waals surface area (Å²) in [6, 6.07) is 8.46. The molecule has 1 aliphatic rings. The van der Waals surface area contributed by atoms with Gasteiger partial charge in [-0.05, 0) is 30.4 Å². The molecular formula is C18H16F3NO4S. The van der Waals surface area contributed by atoms with Gasteiger partial charge < -0.3 is 15.2 Å². The van der Waals surface area contributed by atoms with Crippen molar-refractivity contribution in [3.63, 3.8) is 0 Å². The van der Waals surface area contributed by atoms with Crippen molar-refractivity contribution in [2.75, 3.05) is 0 Å². The van der Waals surface area contributed by atoms with E-state index in [1.54, 1.807) is 24.3 Å². The van der Waals surface area contributed by atoms with Crippen LogP contribution in [0.5, 0.6) is 0 Å². The molecule has 1 aromatic heterocycles. The largest absolute Gasteiger partial charge is 0.477 e. The Morgan fingerprint density at radius 2 is 1.96 bits per heavy atom. The molecule has 0 fully saturated rings. The lowest BCUT2D eigenvalue weighted by molar-refractivity contribution is -0.138. The highest BCUT2D eigenvalue weighted by atomic mass is 32.1. The molecule has 1 aliphatic carbocycles. The van der Waals surface area contributed by atoms with E-state index in [-0.39, 0.29) is 25.0 Å². The van der Waals surface area contributed by atoms with Crippen molar-refractivity contribution >= 4 is 23.4 Å². The number of carboxylic acid groups (broad SMARTS) is 1. The number of aryl methyl sites for hydroxylation is 1. The third kappa shape index (κ3) is 4.41. The van der Waals surface area contributed by atoms with Crippen molar-refractivity contribution in [2.24, 2.45) is 0 Å². The van der Waals surface area contributed by atoms with Crippen molar-refractivity contribution < 1.29 is 32.6 Å². The highest BCUT2D eigenvalue weighted by Gasteiger charge is 2.42. The molecule has 5 nitrogen and oxygen atoms in total. The van der Waals surface area contributed by atoms with Gasteiger partial charge in [-0.3, -0.25) is 0 Å². The van der Waals surface area contributed by atoms with Crippen LogP contribution in [0.1, 0.15) is 37.7 Å². The van der Waals surface area contributed by atoms with Gasteiger partial charge in [0.05, 0.1) is 5.56 Å². The Morgan fingerprint density at radius 1 is 1.26 bits per heavy atom. The minimum Gasteiger partial charge on any atom is -0.477 e. The number of rotatable bonds is 4. The molecule has 0 saturated heterocycles. The van der Waals surface area contributed by atoms with Crippen LogP contribution in [0.25, 0.3) is 0 Å². The summed E-state index contributed by atoms with van der Waals surface area (Å²) in [5, 5.41) is 11.7. The quantitative estimate of drug-likeness (QED) is 0.806. The van der Waals surface area contributed by atoms with Crippen LogP contribution in [0, 0.1) is 0 Å². The van der Waals surface area contributed by atoms with Gasteiger partial charge in [-0.15, -0.1) is 11.3 Å². The van der Waals surface area contributed by atoms with Gasteiger partial charge in [0.2, 0.25) is 0 Å². The minimum absolute atomic E-state index is 0.0375. The van der Waals surface area contributed by atoms with Crippen LogP contribution in [-0.4, -0.2) is 23.2 Å². The van der Waals surface area contributed by atoms with Gasteiger partial charge in [-0.2, -0.15) is 13.2 Å². The number of hydrogen-bond acceptors (Lipinski definition) is 4. The van der Waals surface area contributed by atoms with Crippen LogP contribution in [0.3, 0.4) is 0 Å². The third-order valence-corrected chi connectivity index (χ3v) is 5.55. The lowest BCUT2D eigenvalue weighted by Crippen LogP contribution is -2.39. The fraction of sp³-hybridized carbons (Fsp3) is 0.333. The van der Waals surface area contributed by atoms with Crippen LogP contribution < -0.4 is 5.32 Å². The minimum atomic E-state index is -4.76. The fourth-order valence-electron chi connectivity index (χ4n) is 3.09. The topological polar surface area (TPSA) is 75.6 Å². The molecule has 2 N–H and O–H groups in total. The average Bonchev–Trinajstić information content (AvgIpc) is 3.00. The number of carbonyl (C=O) groups is 2. The standard InChI is InChI=1S/C18H16F3NO4S/c19-18(20,21)14-12-8-11(6-7-13(12)27-15(14)16(23)24)22-17(25)26-9-10-4-2-1-3-5-10/h1-5,11H,6-9H2,(H,22,25)(H,23,24). The normalized spacial score (nSPS) is 16.5. The second kappa shape index (κ2) is 7.59. The van der Waals surface area contributed by atoms with Crippen molar-refractivity contribution in [1.29, 1.82) is 0 Å². The number of hydrogen-bond donors (Lipinski definition) is 2. The molecule has 1 atom stereocenters. The summed E-state index contributed by atoms with van der Waals surface area (Å²) in [6.45, 7) is 0.0556. The molecule has 0 saturated carbocycles. The summed E-state index contributed by atoms with van der Waals surface area (Å²) < 4.78 is 45.2. The molecule has 2 aromatic rings. The van der Waals surface area contributed by atoms with Crippen LogP contribution in [0.4, 0.5) is 18.0 Å². The van der Waals surface area contributed by atoms with Crippen LogP contribution >= 0.6 is 11.3 Å². The Hall–Kier alpha value is -2.55. The van der Waals surface area contributed by atoms with Gasteiger partial charge in [0.15, 0.2) is 0 Å². The van der Waals surface area contributed by atoms with Crippen LogP contribution in [0.15, 0.2) is 30.3 Å². The zero-order chi connectivity index (χ0) is 19.6. The lowest BCUT2D eigenvalue weighted by Gasteiger charge is -2.24. The second-order valence-electron chi connectivity index (χ2n) is 6.16. The van der Waals surface area contributed by atoms with Gasteiger partial charge in [0.25, 0.3) is 0 Å². The van der Waals surface area contributed by atoms with E-state index in [1.807, 2.05) is 6.07 Å². The van der Waals surface area contributed by atoms with E-state index in [9.17, 15) is 22.8 Å². The molecule has 0 bridgehead atoms. The second-order valence-corrected chi connectivity index (χ2v) is 7.26. The maximum Gasteiger partial charge on any atom is 0.418 e. The van der Waals surface area contributed by atoms with Gasteiger partial charge in [-0.1, -0.05) is 30.3 Å². The smallest absolute Gasteiger partial charge is 0.418 e. The maximum atomic E-state index is 13.4. The first-order valence-corrected chi connectivity index (χ1v) is 8.99. The average molecular weight is 399 g/mol. The predicted octanol–water partition coefficient (Wildman–Crippen LogP) is 4.25. The number of nitrogens with one attached hydrogen (secondary N) is 1. The third-order valence-electron chi connectivity index (χ3n) is 4.27. The fourth-order valence-corrected chi connectivity index (χ4v) is 4.29. The van der Waals surface area contributed by atoms with Crippen LogP contribution in [0.2, 0.25) is 0 Å². The molecule has 0 radical (unpaired) electrons. The monoisotopic (exact) mass is 399 g/mol. The van der Waals surface area contributed by atoms with E-state index in [2.05, 4.69) is 5.32 Å². The van der Waals surface area contributed by atoms with E-state index >= 15 is 0 Å². The molecule has 144 valence electrons. The Kier molecular flexibility index (Phi) is 5.41. The first-order chi connectivity index (χ1) is 12.8. The summed E-state index contributed by atoms with van der Waals surface area (Å²) in [5.41, 5.74) is -0.342. The summed E-state index contributed by atoms with van der Waals surface area (Å²) in [5.74, 6) is -1.59. The summed E-state index contributed by atoms with van der Waals surface area (Å²) >= 11 is 0.662. The predicted molar refractivity (Wildman–Crippen MR) is 91.9 cm³/mol. The zero-order valence-electron chi connectivity index (χ0n) is 14.0. The molecule has 0 spiro atoms. The van der Waals surface area contributed by atoms with E-state index in [0.29, 0.717) is 22.6 Å². The molecule has 3 rings (SSSR count). The Labute approximate surface area is 156 Å². The Balaban J connectivity index is 1.69. The number of alkyl carbamates (subject to hydrolysis) is 1. The Bertz CT molecular complexity index is 848. The number of halogens is 3. The van der Waals surface area contributed by atoms with E-state index in [4.69, 9.17) is 9.84 Å². The molecule has 0 aliphatic heterocycles. The van der Waals surface area contributed by atoms with Gasteiger partial charge in [-0.25, -0.2) is 9.59 Å². The number of alkyl halides is 3. The van der Waals surface area contributed by atoms with E-state index in [1.165, 1.54) is 0 Å². The summed E-state index contributed by atoms with van der Waals surface area (Å²) in [7, 11) is 0. The lowest BCUT2D eigenvalue weighted by atomic mass is 9.91. The zero-order valence-corrected chi connectivity index (χ0v) is 14.8. The number of ether oxygens (including phenoxy) is 1. The highest BCUT2D eigenvalue weighted by molar-refractivity contribution is 7.14. The van der Waals surface area contributed by atoms with Crippen LogP contribution in [-0.2, 0) is 30.4 Å². The van der Waals surface area contributed by atoms with Gasteiger partial charge in [0, 0.05) is 10.9 Å². The number of fused-ring (bicyclic) bond motifs is 1. The number of carboxylic acids is 1. The van der Waals surface area contributed by atoms with Crippen molar-refractivity contribution in [1.82, 2.24) is 5.32 Å². The molecular weight excluding hydrogens is 383 g/mol. The first-order valence-electron chi connectivity index (χ1n) is 8.18. The molecule has 1 heterocycles. The molecule has 1 unspecified atom stereocenters. The highest BCUT2D eigenvalue weighted by Crippen LogP contribution is 2.43. The molecule has 1 amide bonds. The SMILES string of the molecule is O=C(NC1CCc2sc(C(=O)O)c(C(F)(F)F)c2C1)OCc1ccccc1. The number of amides is 1. The van der Waals surface area contributed by atoms with Crippen molar-refractivity contribution in [3.05, 3.63) is 56.8 Å². The van der Waals surface area contributed by atoms with Gasteiger partial charge >= 0.3 is 18.2 Å². The summed E-state index contributed by atoms with van der Waals surface area (Å²) in [6.07, 6.45) is -4.85. The van der Waals surface area contributed by atoms with Gasteiger partial charge in [0.1, 0.15) is 11.5 Å². The number of carbonyl (C=O) groups excluding carboxylic acids is 1. The van der Waals surface area contributed by atoms with E-state index in [0.717, 1.165) is 5.56 Å². The first kappa shape index (κ1) is 19.2. The number of thiophene rings is 1. The van der Waals surface area contributed by atoms with E-state index < -0.39 is 34.7 Å². The maximum absolute atomic E-state index is 13.4. The van der Waals surface area contributed by atoms with Crippen molar-refractivity contribution in [3.8, 4) is 0 Å². The molecule has 1 aromatic carbocycles. The molecule has 27 heavy (non-hydrogen) atoms. The molecule has 9 heteroatoms. The number of benzene rings is 1. The Morgan fingerprint density at radius 3 is 2.59 bits per heavy atom. The van der Waals surface area contributed by atoms with Crippen molar-refractivity contribution in [2.45, 2.75) is 38.1 Å².